The van der Waals surface area contributed by atoms with E-state index in [0.717, 1.165) is 5.76 Å². The van der Waals surface area contributed by atoms with Crippen LogP contribution < -0.4 is 0 Å². The van der Waals surface area contributed by atoms with Crippen LogP contribution in [0.25, 0.3) is 0 Å². The lowest BCUT2D eigenvalue weighted by atomic mass is 9.89. The predicted octanol–water partition coefficient (Wildman–Crippen LogP) is 1.10. The van der Waals surface area contributed by atoms with Gasteiger partial charge in [-0.25, -0.2) is 4.79 Å². The molecule has 4 amide bonds. The molecule has 0 aromatic carbocycles. The number of piperidine rings is 1. The van der Waals surface area contributed by atoms with Gasteiger partial charge in [0.15, 0.2) is 0 Å². The lowest BCUT2D eigenvalue weighted by Crippen LogP contribution is -2.59. The summed E-state index contributed by atoms with van der Waals surface area (Å²) in [6.45, 7) is 7.69. The van der Waals surface area contributed by atoms with E-state index in [1.807, 2.05) is 23.6 Å². The summed E-state index contributed by atoms with van der Waals surface area (Å²) >= 11 is 0. The number of hydrogen-bond donors (Lipinski definition) is 0. The molecule has 3 aliphatic heterocycles. The number of urea groups is 1. The van der Waals surface area contributed by atoms with Crippen LogP contribution in [0.5, 0.6) is 0 Å². The molecule has 3 fully saturated rings. The molecule has 30 heavy (non-hydrogen) atoms. The molecule has 4 heterocycles. The van der Waals surface area contributed by atoms with Crippen molar-refractivity contribution in [1.29, 1.82) is 0 Å². The van der Waals surface area contributed by atoms with Gasteiger partial charge in [0.25, 0.3) is 5.91 Å². The number of aryl methyl sites for hydroxylation is 2. The number of likely N-dealkylation sites (N-methyl/N-ethyl adjacent to an activating group) is 1. The maximum absolute atomic E-state index is 12.8. The lowest BCUT2D eigenvalue weighted by molar-refractivity contribution is -0.158. The molecule has 3 aliphatic rings. The Morgan fingerprint density at radius 3 is 2.40 bits per heavy atom. The summed E-state index contributed by atoms with van der Waals surface area (Å²) in [6.07, 6.45) is 1.37. The monoisotopic (exact) mass is 418 g/mol. The highest BCUT2D eigenvalue weighted by molar-refractivity contribution is 5.95. The number of likely N-dealkylation sites (tertiary alicyclic amines) is 1. The van der Waals surface area contributed by atoms with Crippen molar-refractivity contribution < 1.29 is 23.5 Å². The van der Waals surface area contributed by atoms with Gasteiger partial charge in [-0.15, -0.1) is 0 Å². The minimum absolute atomic E-state index is 0.0143. The molecule has 0 aliphatic carbocycles. The molecule has 0 unspecified atom stereocenters. The molecule has 1 aromatic heterocycles. The number of carbonyl (C=O) groups excluding carboxylic acids is 3. The Morgan fingerprint density at radius 2 is 1.80 bits per heavy atom. The van der Waals surface area contributed by atoms with Crippen molar-refractivity contribution in [3.63, 3.8) is 0 Å². The van der Waals surface area contributed by atoms with E-state index in [2.05, 4.69) is 0 Å². The van der Waals surface area contributed by atoms with Crippen LogP contribution in [0.1, 0.15) is 34.7 Å². The summed E-state index contributed by atoms with van der Waals surface area (Å²) in [5, 5.41) is 0. The van der Waals surface area contributed by atoms with Crippen molar-refractivity contribution in [2.75, 3.05) is 59.5 Å². The SMILES string of the molecule is Cc1cc(C(=O)N2CCC3(CC2)CN(C(=O)CN2CCN(C)C2=O)CCO3)c(C)o1. The Morgan fingerprint density at radius 1 is 1.07 bits per heavy atom. The fraction of sp³-hybridized carbons (Fsp3) is 0.667. The molecule has 164 valence electrons. The highest BCUT2D eigenvalue weighted by atomic mass is 16.5. The molecule has 0 bridgehead atoms. The van der Waals surface area contributed by atoms with Gasteiger partial charge in [-0.05, 0) is 32.8 Å². The van der Waals surface area contributed by atoms with Crippen LogP contribution in [0.4, 0.5) is 4.79 Å². The zero-order valence-electron chi connectivity index (χ0n) is 18.0. The van der Waals surface area contributed by atoms with Gasteiger partial charge in [0, 0.05) is 46.3 Å². The minimum atomic E-state index is -0.419. The lowest BCUT2D eigenvalue weighted by Gasteiger charge is -2.47. The van der Waals surface area contributed by atoms with Crippen molar-refractivity contribution in [3.05, 3.63) is 23.2 Å². The number of amides is 4. The summed E-state index contributed by atoms with van der Waals surface area (Å²) in [7, 11) is 1.75. The topological polar surface area (TPSA) is 86.5 Å². The normalized spacial score (nSPS) is 21.6. The second-order valence-electron chi connectivity index (χ2n) is 8.59. The van der Waals surface area contributed by atoms with Crippen LogP contribution in [0.3, 0.4) is 0 Å². The van der Waals surface area contributed by atoms with E-state index in [0.29, 0.717) is 70.0 Å². The third-order valence-electron chi connectivity index (χ3n) is 6.46. The highest BCUT2D eigenvalue weighted by Crippen LogP contribution is 2.31. The van der Waals surface area contributed by atoms with Crippen LogP contribution in [-0.4, -0.2) is 103 Å². The number of hydrogen-bond acceptors (Lipinski definition) is 5. The fourth-order valence-corrected chi connectivity index (χ4v) is 4.60. The van der Waals surface area contributed by atoms with Crippen molar-refractivity contribution in [2.24, 2.45) is 0 Å². The Hall–Kier alpha value is -2.55. The molecule has 0 radical (unpaired) electrons. The first-order chi connectivity index (χ1) is 14.3. The van der Waals surface area contributed by atoms with Crippen LogP contribution in [0, 0.1) is 13.8 Å². The van der Waals surface area contributed by atoms with Crippen LogP contribution in [-0.2, 0) is 9.53 Å². The molecule has 1 aromatic rings. The van der Waals surface area contributed by atoms with Gasteiger partial charge in [0.2, 0.25) is 5.91 Å². The first-order valence-corrected chi connectivity index (χ1v) is 10.6. The van der Waals surface area contributed by atoms with E-state index in [-0.39, 0.29) is 24.4 Å². The maximum Gasteiger partial charge on any atom is 0.320 e. The third kappa shape index (κ3) is 3.90. The standard InChI is InChI=1S/C21H30N4O5/c1-15-12-17(16(2)30-15)19(27)23-6-4-21(5-7-23)14-25(10-11-29-21)18(26)13-24-9-8-22(3)20(24)28/h12H,4-11,13-14H2,1-3H3. The van der Waals surface area contributed by atoms with E-state index in [1.54, 1.807) is 22.9 Å². The molecular weight excluding hydrogens is 388 g/mol. The van der Waals surface area contributed by atoms with Crippen molar-refractivity contribution >= 4 is 17.8 Å². The molecule has 9 nitrogen and oxygen atoms in total. The summed E-state index contributed by atoms with van der Waals surface area (Å²) in [6, 6.07) is 1.69. The van der Waals surface area contributed by atoms with E-state index in [1.165, 1.54) is 0 Å². The largest absolute Gasteiger partial charge is 0.466 e. The van der Waals surface area contributed by atoms with E-state index < -0.39 is 5.60 Å². The van der Waals surface area contributed by atoms with Gasteiger partial charge in [-0.1, -0.05) is 0 Å². The Bertz CT molecular complexity index is 842. The number of morpholine rings is 1. The highest BCUT2D eigenvalue weighted by Gasteiger charge is 2.42. The van der Waals surface area contributed by atoms with Gasteiger partial charge in [0.1, 0.15) is 18.1 Å². The summed E-state index contributed by atoms with van der Waals surface area (Å²) in [5.41, 5.74) is 0.197. The molecule has 3 saturated heterocycles. The van der Waals surface area contributed by atoms with Gasteiger partial charge in [0.05, 0.1) is 17.8 Å². The van der Waals surface area contributed by atoms with Crippen molar-refractivity contribution in [1.82, 2.24) is 19.6 Å². The second kappa shape index (κ2) is 7.94. The molecule has 0 saturated carbocycles. The molecular formula is C21H30N4O5. The van der Waals surface area contributed by atoms with Gasteiger partial charge >= 0.3 is 6.03 Å². The first kappa shape index (κ1) is 20.7. The molecule has 9 heteroatoms. The zero-order chi connectivity index (χ0) is 21.5. The maximum atomic E-state index is 12.8. The first-order valence-electron chi connectivity index (χ1n) is 10.6. The average molecular weight is 418 g/mol. The summed E-state index contributed by atoms with van der Waals surface area (Å²) < 4.78 is 11.6. The van der Waals surface area contributed by atoms with Gasteiger partial charge in [-0.2, -0.15) is 0 Å². The van der Waals surface area contributed by atoms with Gasteiger partial charge < -0.3 is 28.8 Å². The van der Waals surface area contributed by atoms with Crippen LogP contribution >= 0.6 is 0 Å². The average Bonchev–Trinajstić information content (AvgIpc) is 3.23. The predicted molar refractivity (Wildman–Crippen MR) is 108 cm³/mol. The zero-order valence-corrected chi connectivity index (χ0v) is 18.0. The number of carbonyl (C=O) groups is 3. The van der Waals surface area contributed by atoms with Crippen molar-refractivity contribution in [3.8, 4) is 0 Å². The van der Waals surface area contributed by atoms with E-state index in [4.69, 9.17) is 9.15 Å². The van der Waals surface area contributed by atoms with E-state index >= 15 is 0 Å². The smallest absolute Gasteiger partial charge is 0.320 e. The quantitative estimate of drug-likeness (QED) is 0.734. The van der Waals surface area contributed by atoms with Crippen LogP contribution in [0.15, 0.2) is 10.5 Å². The van der Waals surface area contributed by atoms with Crippen molar-refractivity contribution in [2.45, 2.75) is 32.3 Å². The number of nitrogens with zero attached hydrogens (tertiary/aromatic N) is 4. The fourth-order valence-electron chi connectivity index (χ4n) is 4.60. The number of ether oxygens (including phenoxy) is 1. The van der Waals surface area contributed by atoms with Crippen LogP contribution in [0.2, 0.25) is 0 Å². The Labute approximate surface area is 176 Å². The minimum Gasteiger partial charge on any atom is -0.466 e. The number of furan rings is 1. The number of rotatable bonds is 3. The van der Waals surface area contributed by atoms with Gasteiger partial charge in [-0.3, -0.25) is 9.59 Å². The summed E-state index contributed by atoms with van der Waals surface area (Å²) in [4.78, 5) is 44.6. The molecule has 4 rings (SSSR count). The molecule has 0 N–H and O–H groups in total. The van der Waals surface area contributed by atoms with E-state index in [9.17, 15) is 14.4 Å². The Kier molecular flexibility index (Phi) is 5.48. The molecule has 1 spiro atoms. The summed E-state index contributed by atoms with van der Waals surface area (Å²) in [5.74, 6) is 1.33. The Balaban J connectivity index is 1.34. The molecule has 0 atom stereocenters. The second-order valence-corrected chi connectivity index (χ2v) is 8.59. The third-order valence-corrected chi connectivity index (χ3v) is 6.46.